The van der Waals surface area contributed by atoms with Crippen molar-refractivity contribution in [1.29, 1.82) is 0 Å². The van der Waals surface area contributed by atoms with E-state index in [4.69, 9.17) is 4.74 Å². The van der Waals surface area contributed by atoms with Gasteiger partial charge in [-0.1, -0.05) is 0 Å². The zero-order chi connectivity index (χ0) is 25.1. The Morgan fingerprint density at radius 3 is 2.44 bits per heavy atom. The molecule has 1 aromatic carbocycles. The Hall–Kier alpha value is -3.35. The third-order valence-electron chi connectivity index (χ3n) is 5.71. The Kier molecular flexibility index (Phi) is 5.50. The monoisotopic (exact) mass is 498 g/mol. The average molecular weight is 498 g/mol. The fourth-order valence-corrected chi connectivity index (χ4v) is 4.53. The molecule has 0 unspecified atom stereocenters. The molecule has 4 rings (SSSR count). The van der Waals surface area contributed by atoms with Crippen LogP contribution in [0.2, 0.25) is 0 Å². The summed E-state index contributed by atoms with van der Waals surface area (Å²) in [5.41, 5.74) is -6.19. The van der Waals surface area contributed by atoms with Crippen molar-refractivity contribution >= 4 is 33.3 Å². The molecule has 0 saturated carbocycles. The number of rotatable bonds is 4. The molecule has 1 N–H and O–H groups in total. The molecule has 0 radical (unpaired) electrons. The molecule has 1 fully saturated rings. The van der Waals surface area contributed by atoms with Crippen LogP contribution in [-0.2, 0) is 21.2 Å². The molecular formula is C21H21F3N4O5S. The van der Waals surface area contributed by atoms with Gasteiger partial charge in [-0.25, -0.2) is 23.1 Å². The smallest absolute Gasteiger partial charge is 0.487 e. The number of sulfone groups is 1. The first kappa shape index (κ1) is 23.8. The van der Waals surface area contributed by atoms with E-state index in [1.54, 1.807) is 26.1 Å². The van der Waals surface area contributed by atoms with Crippen LogP contribution in [0.25, 0.3) is 0 Å². The molecule has 0 spiro atoms. The number of anilines is 2. The first-order valence-electron chi connectivity index (χ1n) is 10.2. The molecule has 13 heteroatoms. The van der Waals surface area contributed by atoms with Gasteiger partial charge in [0, 0.05) is 11.8 Å². The number of nitrogens with zero attached hydrogens (tertiary/aromatic N) is 3. The highest BCUT2D eigenvalue weighted by Gasteiger charge is 2.52. The van der Waals surface area contributed by atoms with Crippen LogP contribution in [0.5, 0.6) is 5.75 Å². The van der Waals surface area contributed by atoms with Gasteiger partial charge in [0.05, 0.1) is 23.2 Å². The van der Waals surface area contributed by atoms with Crippen LogP contribution >= 0.6 is 0 Å². The Bertz CT molecular complexity index is 1260. The van der Waals surface area contributed by atoms with Gasteiger partial charge in [-0.2, -0.15) is 13.2 Å². The molecule has 2 aromatic rings. The molecule has 3 amide bonds. The number of urea groups is 1. The van der Waals surface area contributed by atoms with Crippen molar-refractivity contribution in [2.24, 2.45) is 0 Å². The zero-order valence-corrected chi connectivity index (χ0v) is 19.2. The van der Waals surface area contributed by atoms with Gasteiger partial charge in [0.25, 0.3) is 15.7 Å². The molecule has 182 valence electrons. The van der Waals surface area contributed by atoms with E-state index in [2.05, 4.69) is 10.3 Å². The second-order valence-corrected chi connectivity index (χ2v) is 10.5. The largest absolute Gasteiger partial charge is 0.501 e. The molecule has 2 aliphatic heterocycles. The van der Waals surface area contributed by atoms with E-state index in [0.717, 1.165) is 17.0 Å². The number of carbonyl (C=O) groups excluding carboxylic acids is 2. The van der Waals surface area contributed by atoms with Crippen LogP contribution in [0.1, 0.15) is 26.3 Å². The summed E-state index contributed by atoms with van der Waals surface area (Å²) in [6.07, 6.45) is 1.55. The maximum absolute atomic E-state index is 13.3. The number of carbonyl (C=O) groups is 2. The number of hydrogen-bond acceptors (Lipinski definition) is 7. The van der Waals surface area contributed by atoms with Gasteiger partial charge in [0.1, 0.15) is 12.1 Å². The zero-order valence-electron chi connectivity index (χ0n) is 18.4. The lowest BCUT2D eigenvalue weighted by Crippen LogP contribution is -2.44. The number of amides is 3. The van der Waals surface area contributed by atoms with Crippen molar-refractivity contribution in [2.75, 3.05) is 16.8 Å². The SMILES string of the molecule is C[C@@H]1COc2c(CN3C(=O)N(c4ccc(S(=O)(=O)C(F)(F)F)cc4)C(=O)C3(C)C)ccnc2N1. The third-order valence-corrected chi connectivity index (χ3v) is 7.21. The van der Waals surface area contributed by atoms with E-state index in [-0.39, 0.29) is 18.3 Å². The van der Waals surface area contributed by atoms with Crippen LogP contribution in [0, 0.1) is 0 Å². The van der Waals surface area contributed by atoms with E-state index < -0.39 is 37.7 Å². The highest BCUT2D eigenvalue weighted by Crippen LogP contribution is 2.38. The number of fused-ring (bicyclic) bond motifs is 1. The maximum Gasteiger partial charge on any atom is 0.501 e. The molecule has 2 aliphatic rings. The summed E-state index contributed by atoms with van der Waals surface area (Å²) < 4.78 is 67.4. The van der Waals surface area contributed by atoms with Crippen LogP contribution < -0.4 is 15.0 Å². The normalized spacial score (nSPS) is 20.1. The number of alkyl halides is 3. The predicted molar refractivity (Wildman–Crippen MR) is 115 cm³/mol. The van der Waals surface area contributed by atoms with Crippen molar-refractivity contribution < 1.29 is 35.9 Å². The number of ether oxygens (including phenoxy) is 1. The molecule has 9 nitrogen and oxygen atoms in total. The molecule has 1 atom stereocenters. The number of halogens is 3. The Morgan fingerprint density at radius 2 is 1.82 bits per heavy atom. The quantitative estimate of drug-likeness (QED) is 0.644. The van der Waals surface area contributed by atoms with Crippen LogP contribution in [-0.4, -0.2) is 53.9 Å². The lowest BCUT2D eigenvalue weighted by atomic mass is 10.0. The topological polar surface area (TPSA) is 109 Å². The molecule has 1 aromatic heterocycles. The summed E-state index contributed by atoms with van der Waals surface area (Å²) in [7, 11) is -5.56. The predicted octanol–water partition coefficient (Wildman–Crippen LogP) is 3.32. The number of pyridine rings is 1. The highest BCUT2D eigenvalue weighted by molar-refractivity contribution is 7.92. The Balaban J connectivity index is 1.64. The molecular weight excluding hydrogens is 477 g/mol. The summed E-state index contributed by atoms with van der Waals surface area (Å²) in [5.74, 6) is 0.377. The fourth-order valence-electron chi connectivity index (χ4n) is 3.77. The summed E-state index contributed by atoms with van der Waals surface area (Å²) in [4.78, 5) is 31.8. The highest BCUT2D eigenvalue weighted by atomic mass is 32.2. The summed E-state index contributed by atoms with van der Waals surface area (Å²) in [6, 6.07) is 4.44. The van der Waals surface area contributed by atoms with Crippen molar-refractivity contribution in [1.82, 2.24) is 9.88 Å². The minimum Gasteiger partial charge on any atom is -0.487 e. The number of aromatic nitrogens is 1. The molecule has 1 saturated heterocycles. The van der Waals surface area contributed by atoms with Crippen molar-refractivity contribution in [2.45, 2.75) is 49.3 Å². The van der Waals surface area contributed by atoms with Gasteiger partial charge < -0.3 is 15.0 Å². The van der Waals surface area contributed by atoms with E-state index in [1.165, 1.54) is 4.90 Å². The van der Waals surface area contributed by atoms with Gasteiger partial charge in [0.15, 0.2) is 11.6 Å². The van der Waals surface area contributed by atoms with Crippen molar-refractivity contribution in [3.05, 3.63) is 42.1 Å². The molecule has 3 heterocycles. The van der Waals surface area contributed by atoms with Gasteiger partial charge in [0.2, 0.25) is 0 Å². The molecule has 0 bridgehead atoms. The van der Waals surface area contributed by atoms with E-state index in [1.807, 2.05) is 6.92 Å². The lowest BCUT2D eigenvalue weighted by Gasteiger charge is -2.30. The Morgan fingerprint density at radius 1 is 1.18 bits per heavy atom. The first-order chi connectivity index (χ1) is 15.7. The average Bonchev–Trinajstić information content (AvgIpc) is 2.92. The summed E-state index contributed by atoms with van der Waals surface area (Å²) in [5, 5.41) is 3.18. The van der Waals surface area contributed by atoms with E-state index in [0.29, 0.717) is 35.9 Å². The van der Waals surface area contributed by atoms with Gasteiger partial charge in [-0.15, -0.1) is 0 Å². The third kappa shape index (κ3) is 3.73. The van der Waals surface area contributed by atoms with E-state index in [9.17, 15) is 31.2 Å². The summed E-state index contributed by atoms with van der Waals surface area (Å²) >= 11 is 0. The number of imide groups is 1. The summed E-state index contributed by atoms with van der Waals surface area (Å²) in [6.45, 7) is 5.41. The van der Waals surface area contributed by atoms with Crippen LogP contribution in [0.4, 0.5) is 29.5 Å². The van der Waals surface area contributed by atoms with Gasteiger partial charge in [-0.3, -0.25) is 4.79 Å². The lowest BCUT2D eigenvalue weighted by molar-refractivity contribution is -0.123. The standard InChI is InChI=1S/C21H21F3N4O5S/c1-12-11-33-16-13(8-9-25-17(16)26-12)10-27-19(30)28(18(29)20(27,2)3)14-4-6-15(7-5-14)34(31,32)21(22,23)24/h4-9,12H,10-11H2,1-3H3,(H,25,26)/t12-/m1/s1. The second kappa shape index (κ2) is 7.86. The fraction of sp³-hybridized carbons (Fsp3) is 0.381. The number of benzene rings is 1. The molecule has 0 aliphatic carbocycles. The maximum atomic E-state index is 13.3. The van der Waals surface area contributed by atoms with Crippen molar-refractivity contribution in [3.8, 4) is 5.75 Å². The minimum absolute atomic E-state index is 0.00945. The van der Waals surface area contributed by atoms with E-state index >= 15 is 0 Å². The minimum atomic E-state index is -5.56. The molecule has 34 heavy (non-hydrogen) atoms. The van der Waals surface area contributed by atoms with Gasteiger partial charge >= 0.3 is 11.5 Å². The first-order valence-corrected chi connectivity index (χ1v) is 11.7. The number of hydrogen-bond donors (Lipinski definition) is 1. The Labute approximate surface area is 193 Å². The van der Waals surface area contributed by atoms with Crippen LogP contribution in [0.3, 0.4) is 0 Å². The van der Waals surface area contributed by atoms with Gasteiger partial charge in [-0.05, 0) is 51.1 Å². The van der Waals surface area contributed by atoms with Crippen LogP contribution in [0.15, 0.2) is 41.4 Å². The second-order valence-electron chi connectivity index (χ2n) is 8.52. The number of nitrogens with one attached hydrogen (secondary N) is 1. The van der Waals surface area contributed by atoms with Crippen molar-refractivity contribution in [3.63, 3.8) is 0 Å².